The molecule has 0 bridgehead atoms. The van der Waals surface area contributed by atoms with Crippen LogP contribution >= 0.6 is 15.9 Å². The number of halogens is 3. The van der Waals surface area contributed by atoms with Gasteiger partial charge in [0.25, 0.3) is 0 Å². The lowest BCUT2D eigenvalue weighted by Gasteiger charge is -2.12. The molecule has 1 aromatic rings. The monoisotopic (exact) mass is 295 g/mol. The molecule has 0 spiro atoms. The van der Waals surface area contributed by atoms with Crippen molar-refractivity contribution in [1.82, 2.24) is 0 Å². The molecule has 0 heterocycles. The molecule has 1 rings (SSSR count). The van der Waals surface area contributed by atoms with Gasteiger partial charge in [-0.05, 0) is 22.0 Å². The van der Waals surface area contributed by atoms with Crippen LogP contribution in [0.3, 0.4) is 0 Å². The summed E-state index contributed by atoms with van der Waals surface area (Å²) >= 11 is 2.74. The summed E-state index contributed by atoms with van der Waals surface area (Å²) in [6.07, 6.45) is 0. The van der Waals surface area contributed by atoms with Gasteiger partial charge in [0.15, 0.2) is 11.6 Å². The number of ether oxygens (including phenoxy) is 1. The van der Waals surface area contributed by atoms with Gasteiger partial charge in [-0.25, -0.2) is 4.39 Å². The molecule has 0 saturated carbocycles. The molecule has 0 aromatic heterocycles. The summed E-state index contributed by atoms with van der Waals surface area (Å²) in [4.78, 5) is 11.1. The second-order valence-corrected chi connectivity index (χ2v) is 3.78. The Morgan fingerprint density at radius 3 is 2.62 bits per heavy atom. The van der Waals surface area contributed by atoms with Gasteiger partial charge in [-0.15, -0.1) is 0 Å². The molecule has 1 atom stereocenters. The van der Waals surface area contributed by atoms with E-state index in [4.69, 9.17) is 5.73 Å². The number of aromatic hydroxyl groups is 1. The van der Waals surface area contributed by atoms with Gasteiger partial charge in [-0.3, -0.25) is 4.79 Å². The van der Waals surface area contributed by atoms with Crippen LogP contribution < -0.4 is 5.73 Å². The SMILES string of the molecule is COC(=O)[C@H](N)c1cc(Br)c(F)c(F)c1O. The van der Waals surface area contributed by atoms with Crippen LogP contribution in [0.5, 0.6) is 5.75 Å². The fourth-order valence-corrected chi connectivity index (χ4v) is 1.52. The highest BCUT2D eigenvalue weighted by Gasteiger charge is 2.25. The van der Waals surface area contributed by atoms with E-state index in [2.05, 4.69) is 20.7 Å². The summed E-state index contributed by atoms with van der Waals surface area (Å²) < 4.78 is 30.2. The van der Waals surface area contributed by atoms with Crippen molar-refractivity contribution in [2.24, 2.45) is 5.73 Å². The van der Waals surface area contributed by atoms with E-state index in [1.54, 1.807) is 0 Å². The highest BCUT2D eigenvalue weighted by molar-refractivity contribution is 9.10. The van der Waals surface area contributed by atoms with Crippen LogP contribution in [0.2, 0.25) is 0 Å². The Labute approximate surface area is 98.1 Å². The van der Waals surface area contributed by atoms with Crippen molar-refractivity contribution >= 4 is 21.9 Å². The van der Waals surface area contributed by atoms with Crippen LogP contribution in [0.15, 0.2) is 10.5 Å². The Morgan fingerprint density at radius 2 is 2.12 bits per heavy atom. The third-order valence-corrected chi connectivity index (χ3v) is 2.53. The Bertz CT molecular complexity index is 439. The van der Waals surface area contributed by atoms with Crippen LogP contribution in [0.25, 0.3) is 0 Å². The molecule has 0 saturated heterocycles. The zero-order valence-corrected chi connectivity index (χ0v) is 9.72. The molecule has 3 N–H and O–H groups in total. The number of phenols is 1. The fraction of sp³-hybridized carbons (Fsp3) is 0.222. The number of rotatable bonds is 2. The van der Waals surface area contributed by atoms with Crippen LogP contribution in [0.4, 0.5) is 8.78 Å². The van der Waals surface area contributed by atoms with Gasteiger partial charge in [-0.1, -0.05) is 0 Å². The molecular weight excluding hydrogens is 288 g/mol. The first-order valence-corrected chi connectivity index (χ1v) is 4.89. The van der Waals surface area contributed by atoms with Crippen molar-refractivity contribution in [2.75, 3.05) is 7.11 Å². The van der Waals surface area contributed by atoms with Crippen LogP contribution in [0.1, 0.15) is 11.6 Å². The first-order valence-electron chi connectivity index (χ1n) is 4.10. The number of benzene rings is 1. The summed E-state index contributed by atoms with van der Waals surface area (Å²) in [5, 5.41) is 9.29. The van der Waals surface area contributed by atoms with Crippen molar-refractivity contribution in [2.45, 2.75) is 6.04 Å². The van der Waals surface area contributed by atoms with Crippen molar-refractivity contribution in [1.29, 1.82) is 0 Å². The summed E-state index contributed by atoms with van der Waals surface area (Å²) in [7, 11) is 1.09. The Morgan fingerprint density at radius 1 is 1.56 bits per heavy atom. The molecule has 0 radical (unpaired) electrons. The first-order chi connectivity index (χ1) is 7.40. The normalized spacial score (nSPS) is 12.3. The van der Waals surface area contributed by atoms with Crippen molar-refractivity contribution in [3.63, 3.8) is 0 Å². The predicted molar refractivity (Wildman–Crippen MR) is 54.7 cm³/mol. The lowest BCUT2D eigenvalue weighted by molar-refractivity contribution is -0.142. The average Bonchev–Trinajstić information content (AvgIpc) is 2.29. The van der Waals surface area contributed by atoms with Gasteiger partial charge in [0, 0.05) is 5.56 Å². The molecule has 1 aromatic carbocycles. The number of carbonyl (C=O) groups is 1. The van der Waals surface area contributed by atoms with Crippen LogP contribution in [-0.4, -0.2) is 18.2 Å². The molecule has 16 heavy (non-hydrogen) atoms. The summed E-state index contributed by atoms with van der Waals surface area (Å²) in [6, 6.07) is -0.355. The van der Waals surface area contributed by atoms with E-state index in [1.807, 2.05) is 0 Å². The fourth-order valence-electron chi connectivity index (χ4n) is 1.09. The molecule has 0 amide bonds. The lowest BCUT2D eigenvalue weighted by Crippen LogP contribution is -2.23. The zero-order chi connectivity index (χ0) is 12.5. The average molecular weight is 296 g/mol. The number of hydrogen-bond donors (Lipinski definition) is 2. The minimum Gasteiger partial charge on any atom is -0.504 e. The second-order valence-electron chi connectivity index (χ2n) is 2.93. The third-order valence-electron chi connectivity index (χ3n) is 1.96. The Hall–Kier alpha value is -1.21. The minimum atomic E-state index is -1.47. The smallest absolute Gasteiger partial charge is 0.327 e. The quantitative estimate of drug-likeness (QED) is 0.642. The van der Waals surface area contributed by atoms with Crippen molar-refractivity contribution in [3.8, 4) is 5.75 Å². The largest absolute Gasteiger partial charge is 0.504 e. The Kier molecular flexibility index (Phi) is 3.82. The van der Waals surface area contributed by atoms with Gasteiger partial charge in [-0.2, -0.15) is 4.39 Å². The standard InChI is InChI=1S/C9H8BrF2NO3/c1-16-9(15)7(13)3-2-4(10)5(11)6(12)8(3)14/h2,7,14H,13H2,1H3/t7-/m1/s1. The highest BCUT2D eigenvalue weighted by atomic mass is 79.9. The topological polar surface area (TPSA) is 72.5 Å². The molecule has 88 valence electrons. The van der Waals surface area contributed by atoms with E-state index in [-0.39, 0.29) is 10.0 Å². The molecule has 0 aliphatic rings. The van der Waals surface area contributed by atoms with Gasteiger partial charge in [0.05, 0.1) is 11.6 Å². The molecule has 0 aliphatic carbocycles. The van der Waals surface area contributed by atoms with Gasteiger partial charge in [0.1, 0.15) is 6.04 Å². The molecular formula is C9H8BrF2NO3. The van der Waals surface area contributed by atoms with Crippen LogP contribution in [-0.2, 0) is 9.53 Å². The molecule has 0 aliphatic heterocycles. The minimum absolute atomic E-state index is 0.239. The first kappa shape index (κ1) is 12.9. The van der Waals surface area contributed by atoms with Crippen LogP contribution in [0, 0.1) is 11.6 Å². The maximum atomic E-state index is 13.1. The van der Waals surface area contributed by atoms with E-state index >= 15 is 0 Å². The van der Waals surface area contributed by atoms with E-state index in [9.17, 15) is 18.7 Å². The summed E-state index contributed by atoms with van der Waals surface area (Å²) in [5.41, 5.74) is 5.14. The lowest BCUT2D eigenvalue weighted by atomic mass is 10.1. The van der Waals surface area contributed by atoms with E-state index in [1.165, 1.54) is 0 Å². The van der Waals surface area contributed by atoms with E-state index < -0.39 is 29.4 Å². The number of nitrogens with two attached hydrogens (primary N) is 1. The van der Waals surface area contributed by atoms with E-state index in [0.29, 0.717) is 0 Å². The van der Waals surface area contributed by atoms with E-state index in [0.717, 1.165) is 13.2 Å². The molecule has 0 fully saturated rings. The number of carbonyl (C=O) groups excluding carboxylic acids is 1. The predicted octanol–water partition coefficient (Wildman–Crippen LogP) is 1.61. The third kappa shape index (κ3) is 2.14. The summed E-state index contributed by atoms with van der Waals surface area (Å²) in [6.45, 7) is 0. The summed E-state index contributed by atoms with van der Waals surface area (Å²) in [5.74, 6) is -4.59. The zero-order valence-electron chi connectivity index (χ0n) is 8.13. The highest BCUT2D eigenvalue weighted by Crippen LogP contribution is 2.32. The number of phenolic OH excluding ortho intramolecular Hbond substituents is 1. The van der Waals surface area contributed by atoms with Gasteiger partial charge < -0.3 is 15.6 Å². The molecule has 4 nitrogen and oxygen atoms in total. The Balaban J connectivity index is 3.30. The number of esters is 1. The second kappa shape index (κ2) is 4.75. The number of hydrogen-bond acceptors (Lipinski definition) is 4. The van der Waals surface area contributed by atoms with Gasteiger partial charge >= 0.3 is 5.97 Å². The maximum absolute atomic E-state index is 13.1. The molecule has 7 heteroatoms. The molecule has 0 unspecified atom stereocenters. The van der Waals surface area contributed by atoms with Crippen molar-refractivity contribution in [3.05, 3.63) is 27.7 Å². The number of methoxy groups -OCH3 is 1. The van der Waals surface area contributed by atoms with Gasteiger partial charge in [0.2, 0.25) is 5.82 Å². The maximum Gasteiger partial charge on any atom is 0.327 e. The van der Waals surface area contributed by atoms with Crippen molar-refractivity contribution < 1.29 is 23.4 Å².